The summed E-state index contributed by atoms with van der Waals surface area (Å²) in [5.41, 5.74) is 1.62. The van der Waals surface area contributed by atoms with Crippen molar-refractivity contribution in [3.05, 3.63) is 60.4 Å². The van der Waals surface area contributed by atoms with Gasteiger partial charge in [-0.25, -0.2) is 17.4 Å². The molecule has 0 aliphatic carbocycles. The van der Waals surface area contributed by atoms with Crippen molar-refractivity contribution in [2.24, 2.45) is 0 Å². The number of hydrogen-bond acceptors (Lipinski definition) is 5. The van der Waals surface area contributed by atoms with Crippen LogP contribution in [0.2, 0.25) is 0 Å². The minimum atomic E-state index is -3.75. The van der Waals surface area contributed by atoms with Crippen molar-refractivity contribution in [1.29, 1.82) is 0 Å². The standard InChI is InChI=1S/C20H22N2O4S/c1-4-13-26-19-14-16(7-10-18(19)25-3)20-21-11-12-22(20)27(23,24)17-8-5-15(2)6-9-17/h5-12,14H,4,13H2,1-3H3. The smallest absolute Gasteiger partial charge is 0.269 e. The number of ether oxygens (including phenoxy) is 2. The molecule has 0 bridgehead atoms. The van der Waals surface area contributed by atoms with Crippen molar-refractivity contribution in [3.63, 3.8) is 0 Å². The lowest BCUT2D eigenvalue weighted by molar-refractivity contribution is 0.294. The molecule has 0 amide bonds. The molecule has 0 unspecified atom stereocenters. The number of benzene rings is 2. The molecule has 27 heavy (non-hydrogen) atoms. The number of methoxy groups -OCH3 is 1. The maximum absolute atomic E-state index is 13.0. The highest BCUT2D eigenvalue weighted by Gasteiger charge is 2.21. The van der Waals surface area contributed by atoms with Crippen LogP contribution in [0.15, 0.2) is 59.8 Å². The van der Waals surface area contributed by atoms with Gasteiger partial charge in [0.05, 0.1) is 18.6 Å². The predicted octanol–water partition coefficient (Wildman–Crippen LogP) is 3.89. The minimum absolute atomic E-state index is 0.211. The quantitative estimate of drug-likeness (QED) is 0.616. The van der Waals surface area contributed by atoms with Crippen molar-refractivity contribution in [2.75, 3.05) is 13.7 Å². The maximum atomic E-state index is 13.0. The van der Waals surface area contributed by atoms with Gasteiger partial charge in [0.1, 0.15) is 0 Å². The van der Waals surface area contributed by atoms with Gasteiger partial charge in [0.25, 0.3) is 10.0 Å². The van der Waals surface area contributed by atoms with Crippen LogP contribution in [0.25, 0.3) is 11.4 Å². The van der Waals surface area contributed by atoms with Gasteiger partial charge in [0, 0.05) is 18.0 Å². The van der Waals surface area contributed by atoms with Crippen molar-refractivity contribution in [3.8, 4) is 22.9 Å². The lowest BCUT2D eigenvalue weighted by Gasteiger charge is -2.13. The highest BCUT2D eigenvalue weighted by molar-refractivity contribution is 7.90. The first-order valence-corrected chi connectivity index (χ1v) is 10.1. The Morgan fingerprint density at radius 2 is 1.81 bits per heavy atom. The summed E-state index contributed by atoms with van der Waals surface area (Å²) in [5, 5.41) is 0. The minimum Gasteiger partial charge on any atom is -0.493 e. The molecule has 0 aliphatic rings. The molecule has 1 aromatic heterocycles. The number of nitrogens with zero attached hydrogens (tertiary/aromatic N) is 2. The molecule has 6 nitrogen and oxygen atoms in total. The van der Waals surface area contributed by atoms with Crippen LogP contribution in [0.4, 0.5) is 0 Å². The molecule has 2 aromatic carbocycles. The van der Waals surface area contributed by atoms with E-state index in [0.717, 1.165) is 12.0 Å². The summed E-state index contributed by atoms with van der Waals surface area (Å²) in [6, 6.07) is 12.0. The van der Waals surface area contributed by atoms with Crippen LogP contribution in [0, 0.1) is 6.92 Å². The molecule has 0 saturated heterocycles. The number of rotatable bonds is 7. The summed E-state index contributed by atoms with van der Waals surface area (Å²) in [5.74, 6) is 1.46. The maximum Gasteiger partial charge on any atom is 0.269 e. The number of aryl methyl sites for hydroxylation is 1. The number of imidazole rings is 1. The summed E-state index contributed by atoms with van der Waals surface area (Å²) < 4.78 is 38.3. The molecule has 7 heteroatoms. The van der Waals surface area contributed by atoms with Crippen molar-refractivity contribution >= 4 is 10.0 Å². The number of hydrogen-bond donors (Lipinski definition) is 0. The zero-order valence-corrected chi connectivity index (χ0v) is 16.4. The fourth-order valence-electron chi connectivity index (χ4n) is 2.65. The second-order valence-corrected chi connectivity index (χ2v) is 7.89. The van der Waals surface area contributed by atoms with E-state index in [-0.39, 0.29) is 4.90 Å². The van der Waals surface area contributed by atoms with Gasteiger partial charge in [-0.2, -0.15) is 0 Å². The third-order valence-electron chi connectivity index (χ3n) is 4.07. The molecular formula is C20H22N2O4S. The van der Waals surface area contributed by atoms with E-state index in [4.69, 9.17) is 9.47 Å². The Morgan fingerprint density at radius 3 is 2.48 bits per heavy atom. The normalized spacial score (nSPS) is 11.4. The lowest BCUT2D eigenvalue weighted by Crippen LogP contribution is -2.13. The first-order valence-electron chi connectivity index (χ1n) is 8.64. The highest BCUT2D eigenvalue weighted by atomic mass is 32.2. The van der Waals surface area contributed by atoms with E-state index in [2.05, 4.69) is 4.98 Å². The molecule has 0 atom stereocenters. The predicted molar refractivity (Wildman–Crippen MR) is 104 cm³/mol. The van der Waals surface area contributed by atoms with Crippen LogP contribution in [-0.4, -0.2) is 31.1 Å². The van der Waals surface area contributed by atoms with Crippen molar-refractivity contribution in [2.45, 2.75) is 25.2 Å². The van der Waals surface area contributed by atoms with Crippen LogP contribution in [-0.2, 0) is 10.0 Å². The fourth-order valence-corrected chi connectivity index (χ4v) is 3.95. The summed E-state index contributed by atoms with van der Waals surface area (Å²) in [6.07, 6.45) is 3.77. The third-order valence-corrected chi connectivity index (χ3v) is 5.75. The van der Waals surface area contributed by atoms with E-state index in [0.29, 0.717) is 29.5 Å². The highest BCUT2D eigenvalue weighted by Crippen LogP contribution is 2.33. The lowest BCUT2D eigenvalue weighted by atomic mass is 10.2. The molecule has 1 heterocycles. The molecule has 0 saturated carbocycles. The van der Waals surface area contributed by atoms with E-state index in [9.17, 15) is 8.42 Å². The molecule has 3 aromatic rings. The topological polar surface area (TPSA) is 70.4 Å². The summed E-state index contributed by atoms with van der Waals surface area (Å²) in [7, 11) is -2.19. The van der Waals surface area contributed by atoms with Crippen molar-refractivity contribution < 1.29 is 17.9 Å². The van der Waals surface area contributed by atoms with Gasteiger partial charge in [-0.3, -0.25) is 0 Å². The van der Waals surface area contributed by atoms with Gasteiger partial charge in [-0.05, 0) is 43.7 Å². The summed E-state index contributed by atoms with van der Waals surface area (Å²) in [4.78, 5) is 4.47. The average molecular weight is 386 g/mol. The monoisotopic (exact) mass is 386 g/mol. The SMILES string of the molecule is CCCOc1cc(-c2nccn2S(=O)(=O)c2ccc(C)cc2)ccc1OC. The molecule has 0 spiro atoms. The van der Waals surface area contributed by atoms with Crippen LogP contribution in [0.1, 0.15) is 18.9 Å². The van der Waals surface area contributed by atoms with Gasteiger partial charge in [0.2, 0.25) is 0 Å². The van der Waals surface area contributed by atoms with Crippen LogP contribution < -0.4 is 9.47 Å². The van der Waals surface area contributed by atoms with Gasteiger partial charge >= 0.3 is 0 Å². The third kappa shape index (κ3) is 3.83. The molecule has 0 radical (unpaired) electrons. The first kappa shape index (κ1) is 19.0. The summed E-state index contributed by atoms with van der Waals surface area (Å²) in [6.45, 7) is 4.46. The van der Waals surface area contributed by atoms with E-state index in [1.807, 2.05) is 13.8 Å². The molecule has 0 fully saturated rings. The summed E-state index contributed by atoms with van der Waals surface area (Å²) >= 11 is 0. The largest absolute Gasteiger partial charge is 0.493 e. The molecule has 0 aliphatic heterocycles. The Bertz CT molecular complexity index is 1020. The van der Waals surface area contributed by atoms with Crippen LogP contribution in [0.5, 0.6) is 11.5 Å². The molecule has 142 valence electrons. The van der Waals surface area contributed by atoms with E-state index >= 15 is 0 Å². The average Bonchev–Trinajstić information content (AvgIpc) is 3.17. The Labute approximate surface area is 159 Å². The molecular weight excluding hydrogens is 364 g/mol. The fraction of sp³-hybridized carbons (Fsp3) is 0.250. The van der Waals surface area contributed by atoms with Gasteiger partial charge in [0.15, 0.2) is 17.3 Å². The Morgan fingerprint density at radius 1 is 1.07 bits per heavy atom. The van der Waals surface area contributed by atoms with E-state index < -0.39 is 10.0 Å². The Kier molecular flexibility index (Phi) is 5.51. The van der Waals surface area contributed by atoms with Crippen molar-refractivity contribution in [1.82, 2.24) is 8.96 Å². The zero-order chi connectivity index (χ0) is 19.4. The number of aromatic nitrogens is 2. The molecule has 3 rings (SSSR count). The zero-order valence-electron chi connectivity index (χ0n) is 15.5. The Hall–Kier alpha value is -2.80. The Balaban J connectivity index is 2.06. The second kappa shape index (κ2) is 7.84. The van der Waals surface area contributed by atoms with Gasteiger partial charge in [-0.1, -0.05) is 24.6 Å². The van der Waals surface area contributed by atoms with Gasteiger partial charge in [-0.15, -0.1) is 0 Å². The van der Waals surface area contributed by atoms with Gasteiger partial charge < -0.3 is 9.47 Å². The first-order chi connectivity index (χ1) is 13.0. The second-order valence-electron chi connectivity index (χ2n) is 6.08. The van der Waals surface area contributed by atoms with Crippen LogP contribution in [0.3, 0.4) is 0 Å². The molecule has 0 N–H and O–H groups in total. The van der Waals surface area contributed by atoms with E-state index in [1.165, 1.54) is 16.4 Å². The van der Waals surface area contributed by atoms with E-state index in [1.54, 1.807) is 49.6 Å². The van der Waals surface area contributed by atoms with Crippen LogP contribution >= 0.6 is 0 Å².